The summed E-state index contributed by atoms with van der Waals surface area (Å²) in [6.07, 6.45) is -1.67. The predicted octanol–water partition coefficient (Wildman–Crippen LogP) is 5.14. The Bertz CT molecular complexity index is 2660. The fourth-order valence-corrected chi connectivity index (χ4v) is 9.28. The molecule has 3 aliphatic heterocycles. The second-order valence-corrected chi connectivity index (χ2v) is 17.5. The van der Waals surface area contributed by atoms with E-state index < -0.39 is 47.5 Å². The summed E-state index contributed by atoms with van der Waals surface area (Å²) in [6.45, 7) is 3.71. The fourth-order valence-electron chi connectivity index (χ4n) is 9.28. The maximum absolute atomic E-state index is 14.1. The first-order chi connectivity index (χ1) is 31.4. The molecule has 2 saturated heterocycles. The third kappa shape index (κ3) is 9.12. The van der Waals surface area contributed by atoms with Crippen LogP contribution < -0.4 is 36.5 Å². The molecule has 4 atom stereocenters. The van der Waals surface area contributed by atoms with Crippen LogP contribution in [0.4, 0.5) is 30.4 Å². The number of piperidine rings is 2. The molecule has 3 fully saturated rings. The maximum Gasteiger partial charge on any atom is 0.416 e. The molecule has 17 nitrogen and oxygen atoms in total. The molecular weight excluding hydrogens is 864 g/mol. The van der Waals surface area contributed by atoms with Gasteiger partial charge in [-0.3, -0.25) is 39.0 Å². The number of rotatable bonds is 14. The minimum atomic E-state index is -4.58. The van der Waals surface area contributed by atoms with Crippen LogP contribution in [0, 0.1) is 18.3 Å². The number of aromatic nitrogens is 2. The zero-order valence-electron chi connectivity index (χ0n) is 36.8. The summed E-state index contributed by atoms with van der Waals surface area (Å²) >= 11 is 0. The number of methoxy groups -OCH3 is 1. The molecule has 4 aliphatic rings. The number of carbonyl (C=O) groups is 6. The Morgan fingerprint density at radius 2 is 1.80 bits per heavy atom. The van der Waals surface area contributed by atoms with Gasteiger partial charge < -0.3 is 36.1 Å². The van der Waals surface area contributed by atoms with Gasteiger partial charge in [0.1, 0.15) is 17.7 Å². The summed E-state index contributed by atoms with van der Waals surface area (Å²) in [5.41, 5.74) is 5.79. The minimum absolute atomic E-state index is 0.00515. The molecule has 6 N–H and O–H groups in total. The lowest BCUT2D eigenvalue weighted by Crippen LogP contribution is -2.54. The van der Waals surface area contributed by atoms with Gasteiger partial charge in [0.2, 0.25) is 23.6 Å². The van der Waals surface area contributed by atoms with Gasteiger partial charge in [-0.05, 0) is 94.3 Å². The number of benzene rings is 3. The van der Waals surface area contributed by atoms with Gasteiger partial charge in [0.05, 0.1) is 48.5 Å². The van der Waals surface area contributed by atoms with E-state index in [2.05, 4.69) is 31.2 Å². The number of likely N-dealkylation sites (tertiary alicyclic amines) is 1. The highest BCUT2D eigenvalue weighted by molar-refractivity contribution is 6.25. The zero-order chi connectivity index (χ0) is 47.2. The molecule has 0 spiro atoms. The highest BCUT2D eigenvalue weighted by Crippen LogP contribution is 2.52. The van der Waals surface area contributed by atoms with Crippen LogP contribution >= 0.6 is 0 Å². The average Bonchev–Trinajstić information content (AvgIpc) is 4.00. The summed E-state index contributed by atoms with van der Waals surface area (Å²) < 4.78 is 53.2. The maximum atomic E-state index is 14.1. The largest absolute Gasteiger partial charge is 0.493 e. The number of hydrogen-bond acceptors (Lipinski definition) is 13. The Hall–Kier alpha value is -6.99. The molecule has 4 heterocycles. The van der Waals surface area contributed by atoms with Gasteiger partial charge in [-0.2, -0.15) is 13.2 Å². The van der Waals surface area contributed by atoms with E-state index in [1.807, 2.05) is 0 Å². The van der Waals surface area contributed by atoms with Crippen LogP contribution in [0.25, 0.3) is 10.9 Å². The van der Waals surface area contributed by atoms with Crippen molar-refractivity contribution in [1.29, 1.82) is 0 Å². The summed E-state index contributed by atoms with van der Waals surface area (Å²) in [4.78, 5) is 90.4. The molecule has 4 unspecified atom stereocenters. The molecule has 0 radical (unpaired) electrons. The number of aryl methyl sites for hydroxylation is 1. The third-order valence-electron chi connectivity index (χ3n) is 13.0. The number of carbonyl (C=O) groups excluding carboxylic acids is 6. The number of nitrogens with zero attached hydrogens (tertiary/aromatic N) is 4. The van der Waals surface area contributed by atoms with Crippen LogP contribution in [0.5, 0.6) is 11.5 Å². The van der Waals surface area contributed by atoms with Gasteiger partial charge in [-0.15, -0.1) is 0 Å². The molecule has 1 saturated carbocycles. The number of nitrogen functional groups attached to an aromatic ring is 1. The quantitative estimate of drug-likeness (QED) is 0.0818. The lowest BCUT2D eigenvalue weighted by atomic mass is 9.84. The van der Waals surface area contributed by atoms with Crippen LogP contribution in [-0.2, 0) is 25.4 Å². The Morgan fingerprint density at radius 3 is 2.50 bits per heavy atom. The van der Waals surface area contributed by atoms with Crippen molar-refractivity contribution in [3.8, 4) is 11.5 Å². The molecule has 1 aliphatic carbocycles. The second-order valence-electron chi connectivity index (χ2n) is 17.5. The predicted molar refractivity (Wildman–Crippen MR) is 234 cm³/mol. The summed E-state index contributed by atoms with van der Waals surface area (Å²) in [6, 6.07) is 9.34. The van der Waals surface area contributed by atoms with Crippen molar-refractivity contribution >= 4 is 63.5 Å². The van der Waals surface area contributed by atoms with Crippen LogP contribution in [0.1, 0.15) is 95.6 Å². The number of ether oxygens (including phenoxy) is 2. The topological polar surface area (TPSA) is 227 Å². The van der Waals surface area contributed by atoms with Gasteiger partial charge >= 0.3 is 6.18 Å². The Kier molecular flexibility index (Phi) is 12.3. The first-order valence-corrected chi connectivity index (χ1v) is 21.7. The Balaban J connectivity index is 0.985. The van der Waals surface area contributed by atoms with Crippen LogP contribution in [0.15, 0.2) is 48.5 Å². The van der Waals surface area contributed by atoms with Gasteiger partial charge in [-0.25, -0.2) is 9.97 Å². The molecular formula is C46H50F3N9O8. The zero-order valence-corrected chi connectivity index (χ0v) is 36.8. The lowest BCUT2D eigenvalue weighted by Gasteiger charge is -2.41. The monoisotopic (exact) mass is 913 g/mol. The Morgan fingerprint density at radius 1 is 1.03 bits per heavy atom. The third-order valence-corrected chi connectivity index (χ3v) is 13.0. The van der Waals surface area contributed by atoms with Crippen molar-refractivity contribution in [1.82, 2.24) is 30.4 Å². The second kappa shape index (κ2) is 17.8. The van der Waals surface area contributed by atoms with Crippen molar-refractivity contribution in [3.63, 3.8) is 0 Å². The number of alkyl halides is 3. The summed E-state index contributed by atoms with van der Waals surface area (Å²) in [5.74, 6) is -1.75. The summed E-state index contributed by atoms with van der Waals surface area (Å²) in [5, 5.41) is 11.8. The number of nitrogens with one attached hydrogen (secondary N) is 4. The van der Waals surface area contributed by atoms with Crippen molar-refractivity contribution in [2.45, 2.75) is 83.1 Å². The van der Waals surface area contributed by atoms with E-state index in [1.165, 1.54) is 19.2 Å². The number of anilines is 3. The van der Waals surface area contributed by atoms with Gasteiger partial charge in [0.15, 0.2) is 11.5 Å². The smallest absolute Gasteiger partial charge is 0.416 e. The fraction of sp³-hybridized carbons (Fsp3) is 0.435. The Labute approximate surface area is 377 Å². The van der Waals surface area contributed by atoms with Crippen molar-refractivity contribution in [2.75, 3.05) is 50.2 Å². The molecule has 0 bridgehead atoms. The van der Waals surface area contributed by atoms with Gasteiger partial charge in [0.25, 0.3) is 11.8 Å². The molecule has 66 heavy (non-hydrogen) atoms. The van der Waals surface area contributed by atoms with Crippen molar-refractivity contribution in [2.24, 2.45) is 11.3 Å². The van der Waals surface area contributed by atoms with E-state index in [4.69, 9.17) is 15.2 Å². The van der Waals surface area contributed by atoms with E-state index >= 15 is 0 Å². The number of fused-ring (bicyclic) bond motifs is 2. The first kappa shape index (κ1) is 45.6. The number of halogens is 3. The number of amides is 6. The number of hydrogen-bond donors (Lipinski definition) is 5. The average molecular weight is 914 g/mol. The van der Waals surface area contributed by atoms with E-state index in [0.717, 1.165) is 29.9 Å². The van der Waals surface area contributed by atoms with Crippen LogP contribution in [0.3, 0.4) is 0 Å². The van der Waals surface area contributed by atoms with Crippen LogP contribution in [0.2, 0.25) is 0 Å². The van der Waals surface area contributed by atoms with E-state index in [9.17, 15) is 41.9 Å². The number of imide groups is 2. The number of nitrogens with two attached hydrogens (primary N) is 1. The first-order valence-electron chi connectivity index (χ1n) is 21.7. The van der Waals surface area contributed by atoms with Crippen molar-refractivity contribution < 1.29 is 51.4 Å². The van der Waals surface area contributed by atoms with E-state index in [0.29, 0.717) is 65.4 Å². The summed E-state index contributed by atoms with van der Waals surface area (Å²) in [7, 11) is 3.07. The highest BCUT2D eigenvalue weighted by Gasteiger charge is 2.49. The normalized spacial score (nSPS) is 20.7. The van der Waals surface area contributed by atoms with E-state index in [-0.39, 0.29) is 77.7 Å². The molecule has 8 rings (SSSR count). The molecule has 348 valence electrons. The van der Waals surface area contributed by atoms with Gasteiger partial charge in [-0.1, -0.05) is 6.07 Å². The van der Waals surface area contributed by atoms with Crippen molar-refractivity contribution in [3.05, 3.63) is 76.6 Å². The molecule has 6 amide bonds. The highest BCUT2D eigenvalue weighted by atomic mass is 19.4. The molecule has 3 aromatic carbocycles. The standard InChI is InChI=1S/C46H50F3N9O8/c1-23(26-14-27(46(47,48)49)17-28(50)15-26)53-40-31-18-36(35(65-4)19-33(31)54-24(2)55-40)66-22-45(11-12-45)20-29-16-25(41(61)51-3)10-13-57(29)38(60)21-52-32-7-5-6-30-39(32)44(64)58(43(30)63)34-8-9-37(59)56-42(34)62/h5-7,14-15,17-19,23,25,29,34,52H,8-13,16,20-22,50H2,1-4H3,(H,51,61)(H,53,54,55)(H,56,59,62). The molecule has 20 heteroatoms. The SMILES string of the molecule is CNC(=O)C1CCN(C(=O)CNc2cccc3c2C(=O)N(C2CCC(=O)NC2=O)C3=O)C(CC2(COc3cc4c(NC(C)c5cc(N)cc(C(F)(F)F)c5)nc(C)nc4cc3OC)CC2)C1. The van der Waals surface area contributed by atoms with Gasteiger partial charge in [0, 0.05) is 60.2 Å². The molecule has 4 aromatic rings. The molecule has 1 aromatic heterocycles. The van der Waals surface area contributed by atoms with E-state index in [1.54, 1.807) is 50.1 Å². The van der Waals surface area contributed by atoms with Crippen LogP contribution in [-0.4, -0.2) is 101 Å². The minimum Gasteiger partial charge on any atom is -0.493 e. The lowest BCUT2D eigenvalue weighted by molar-refractivity contribution is -0.138.